The molecule has 0 fully saturated rings. The van der Waals surface area contributed by atoms with Gasteiger partial charge in [-0.25, -0.2) is 0 Å². The third kappa shape index (κ3) is 2.63. The highest BCUT2D eigenvalue weighted by molar-refractivity contribution is 5.75. The predicted octanol–water partition coefficient (Wildman–Crippen LogP) is 4.29. The van der Waals surface area contributed by atoms with Crippen molar-refractivity contribution in [3.05, 3.63) is 23.8 Å². The number of carbonyl (C=O) groups excluding carboxylic acids is 1. The lowest BCUT2D eigenvalue weighted by Crippen LogP contribution is -2.16. The van der Waals surface area contributed by atoms with E-state index < -0.39 is 0 Å². The number of allylic oxidation sites excluding steroid dienone is 3. The second-order valence-electron chi connectivity index (χ2n) is 5.98. The number of Topliss-reactive ketones (excluding diaryl/α,β-unsaturated/α-hetero) is 1. The van der Waals surface area contributed by atoms with Crippen LogP contribution in [0.4, 0.5) is 0 Å². The van der Waals surface area contributed by atoms with Crippen molar-refractivity contribution in [3.8, 4) is 0 Å². The average molecular weight is 220 g/mol. The van der Waals surface area contributed by atoms with Crippen LogP contribution in [0.1, 0.15) is 53.9 Å². The molecule has 0 aliphatic heterocycles. The van der Waals surface area contributed by atoms with E-state index in [4.69, 9.17) is 0 Å². The van der Waals surface area contributed by atoms with Crippen LogP contribution >= 0.6 is 0 Å². The smallest absolute Gasteiger partial charge is 0.129 e. The van der Waals surface area contributed by atoms with Crippen LogP contribution in [0.2, 0.25) is 0 Å². The molecular formula is C15H24O. The van der Waals surface area contributed by atoms with E-state index in [1.165, 1.54) is 11.1 Å². The molecule has 1 heteroatoms. The highest BCUT2D eigenvalue weighted by Gasteiger charge is 2.46. The van der Waals surface area contributed by atoms with Gasteiger partial charge in [0, 0.05) is 11.8 Å². The van der Waals surface area contributed by atoms with Gasteiger partial charge in [0.2, 0.25) is 0 Å². The maximum atomic E-state index is 10.9. The quantitative estimate of drug-likeness (QED) is 0.610. The Balaban J connectivity index is 2.51. The number of rotatable bonds is 6. The van der Waals surface area contributed by atoms with E-state index >= 15 is 0 Å². The molecule has 1 aliphatic rings. The summed E-state index contributed by atoms with van der Waals surface area (Å²) in [7, 11) is 0. The Morgan fingerprint density at radius 1 is 1.44 bits per heavy atom. The zero-order chi connectivity index (χ0) is 12.6. The van der Waals surface area contributed by atoms with E-state index in [2.05, 4.69) is 40.3 Å². The van der Waals surface area contributed by atoms with Gasteiger partial charge in [-0.1, -0.05) is 37.6 Å². The Morgan fingerprint density at radius 2 is 2.00 bits per heavy atom. The number of hydrogen-bond acceptors (Lipinski definition) is 1. The molecule has 0 amide bonds. The van der Waals surface area contributed by atoms with Gasteiger partial charge in [0.05, 0.1) is 0 Å². The Kier molecular flexibility index (Phi) is 3.47. The fourth-order valence-corrected chi connectivity index (χ4v) is 2.42. The van der Waals surface area contributed by atoms with Gasteiger partial charge < -0.3 is 4.79 Å². The van der Waals surface area contributed by atoms with E-state index in [0.29, 0.717) is 12.2 Å². The third-order valence-corrected chi connectivity index (χ3v) is 3.86. The highest BCUT2D eigenvalue weighted by atomic mass is 16.1. The second kappa shape index (κ2) is 4.20. The summed E-state index contributed by atoms with van der Waals surface area (Å²) in [5.41, 5.74) is 3.08. The summed E-state index contributed by atoms with van der Waals surface area (Å²) in [4.78, 5) is 10.9. The van der Waals surface area contributed by atoms with E-state index in [-0.39, 0.29) is 10.8 Å². The highest BCUT2D eigenvalue weighted by Crippen LogP contribution is 2.58. The molecule has 0 bridgehead atoms. The van der Waals surface area contributed by atoms with Crippen LogP contribution in [0.15, 0.2) is 23.8 Å². The molecule has 1 aliphatic carbocycles. The van der Waals surface area contributed by atoms with Gasteiger partial charge in [-0.15, -0.1) is 0 Å². The lowest BCUT2D eigenvalue weighted by molar-refractivity contribution is -0.117. The van der Waals surface area contributed by atoms with Gasteiger partial charge in [0.15, 0.2) is 0 Å². The number of hydrogen-bond donors (Lipinski definition) is 0. The fourth-order valence-electron chi connectivity index (χ4n) is 2.42. The molecular weight excluding hydrogens is 196 g/mol. The minimum atomic E-state index is 0.153. The van der Waals surface area contributed by atoms with Crippen molar-refractivity contribution in [2.24, 2.45) is 10.8 Å². The summed E-state index contributed by atoms with van der Waals surface area (Å²) in [5, 5.41) is 0. The molecule has 1 nitrogen and oxygen atoms in total. The SMILES string of the molecule is C=C(C)C1(C)C=C1C(C)(C)CCCC(C)=O. The van der Waals surface area contributed by atoms with Gasteiger partial charge in [-0.05, 0) is 39.0 Å². The molecule has 0 radical (unpaired) electrons. The van der Waals surface area contributed by atoms with Crippen LogP contribution in [-0.2, 0) is 4.79 Å². The number of ketones is 1. The molecule has 0 aromatic rings. The topological polar surface area (TPSA) is 17.1 Å². The fraction of sp³-hybridized carbons (Fsp3) is 0.667. The molecule has 0 N–H and O–H groups in total. The maximum absolute atomic E-state index is 10.9. The Hall–Kier alpha value is -0.850. The van der Waals surface area contributed by atoms with Crippen LogP contribution in [0.25, 0.3) is 0 Å². The van der Waals surface area contributed by atoms with Gasteiger partial charge in [0.25, 0.3) is 0 Å². The van der Waals surface area contributed by atoms with Crippen molar-refractivity contribution in [3.63, 3.8) is 0 Å². The first kappa shape index (κ1) is 13.2. The van der Waals surface area contributed by atoms with Gasteiger partial charge >= 0.3 is 0 Å². The molecule has 0 saturated heterocycles. The number of carbonyl (C=O) groups is 1. The van der Waals surface area contributed by atoms with Crippen molar-refractivity contribution in [1.82, 2.24) is 0 Å². The Labute approximate surface area is 99.6 Å². The zero-order valence-corrected chi connectivity index (χ0v) is 11.3. The van der Waals surface area contributed by atoms with Crippen LogP contribution < -0.4 is 0 Å². The normalized spacial score (nSPS) is 23.9. The molecule has 1 rings (SSSR count). The van der Waals surface area contributed by atoms with E-state index in [1.54, 1.807) is 6.92 Å². The van der Waals surface area contributed by atoms with Gasteiger partial charge in [-0.3, -0.25) is 0 Å². The molecule has 1 atom stereocenters. The van der Waals surface area contributed by atoms with E-state index in [1.807, 2.05) is 0 Å². The monoisotopic (exact) mass is 220 g/mol. The zero-order valence-electron chi connectivity index (χ0n) is 11.3. The summed E-state index contributed by atoms with van der Waals surface area (Å²) in [6.45, 7) is 14.6. The molecule has 0 heterocycles. The molecule has 0 aromatic carbocycles. The molecule has 0 saturated carbocycles. The van der Waals surface area contributed by atoms with Crippen LogP contribution in [0.3, 0.4) is 0 Å². The standard InChI is InChI=1S/C15H24O/c1-11(2)15(6)10-13(15)14(4,5)9-7-8-12(3)16/h10H,1,7-9H2,2-6H3. The first-order valence-corrected chi connectivity index (χ1v) is 6.09. The van der Waals surface area contributed by atoms with Gasteiger partial charge in [-0.2, -0.15) is 0 Å². The van der Waals surface area contributed by atoms with Crippen molar-refractivity contribution in [2.45, 2.75) is 53.9 Å². The summed E-state index contributed by atoms with van der Waals surface area (Å²) in [6, 6.07) is 0. The van der Waals surface area contributed by atoms with Crippen molar-refractivity contribution < 1.29 is 4.79 Å². The van der Waals surface area contributed by atoms with Crippen LogP contribution in [-0.4, -0.2) is 5.78 Å². The minimum absolute atomic E-state index is 0.153. The van der Waals surface area contributed by atoms with Crippen molar-refractivity contribution in [1.29, 1.82) is 0 Å². The van der Waals surface area contributed by atoms with E-state index in [9.17, 15) is 4.79 Å². The lowest BCUT2D eigenvalue weighted by atomic mass is 9.77. The molecule has 16 heavy (non-hydrogen) atoms. The first-order valence-electron chi connectivity index (χ1n) is 6.09. The first-order chi connectivity index (χ1) is 7.20. The lowest BCUT2D eigenvalue weighted by Gasteiger charge is -2.27. The molecule has 90 valence electrons. The second-order valence-corrected chi connectivity index (χ2v) is 5.98. The van der Waals surface area contributed by atoms with Crippen LogP contribution in [0, 0.1) is 10.8 Å². The largest absolute Gasteiger partial charge is 0.300 e. The van der Waals surface area contributed by atoms with Crippen molar-refractivity contribution in [2.75, 3.05) is 0 Å². The maximum Gasteiger partial charge on any atom is 0.129 e. The summed E-state index contributed by atoms with van der Waals surface area (Å²) >= 11 is 0. The molecule has 1 unspecified atom stereocenters. The average Bonchev–Trinajstić information content (AvgIpc) is 2.79. The van der Waals surface area contributed by atoms with Gasteiger partial charge in [0.1, 0.15) is 5.78 Å². The van der Waals surface area contributed by atoms with E-state index in [0.717, 1.165) is 12.8 Å². The van der Waals surface area contributed by atoms with Crippen molar-refractivity contribution >= 4 is 5.78 Å². The molecule has 0 aromatic heterocycles. The molecule has 0 spiro atoms. The Morgan fingerprint density at radius 3 is 2.38 bits per heavy atom. The summed E-state index contributed by atoms with van der Waals surface area (Å²) in [5.74, 6) is 0.295. The van der Waals surface area contributed by atoms with Crippen LogP contribution in [0.5, 0.6) is 0 Å². The Bertz CT molecular complexity index is 346. The predicted molar refractivity (Wildman–Crippen MR) is 69.3 cm³/mol. The summed E-state index contributed by atoms with van der Waals surface area (Å²) in [6.07, 6.45) is 5.11. The summed E-state index contributed by atoms with van der Waals surface area (Å²) < 4.78 is 0. The third-order valence-electron chi connectivity index (χ3n) is 3.86. The minimum Gasteiger partial charge on any atom is -0.300 e.